The normalized spacial score (nSPS) is 22.0. The molecule has 0 aromatic rings. The summed E-state index contributed by atoms with van der Waals surface area (Å²) in [6.07, 6.45) is -0.274. The third kappa shape index (κ3) is 4.19. The molecule has 1 saturated heterocycles. The Morgan fingerprint density at radius 1 is 1.50 bits per heavy atom. The van der Waals surface area contributed by atoms with Crippen molar-refractivity contribution < 1.29 is 13.7 Å². The van der Waals surface area contributed by atoms with E-state index in [1.807, 2.05) is 20.8 Å². The van der Waals surface area contributed by atoms with Crippen LogP contribution in [0.4, 0.5) is 4.79 Å². The van der Waals surface area contributed by atoms with Crippen LogP contribution in [-0.4, -0.2) is 48.7 Å². The Balaban J connectivity index is 2.57. The number of amides is 1. The maximum atomic E-state index is 11.9. The molecule has 1 N–H and O–H groups in total. The minimum Gasteiger partial charge on any atom is -0.444 e. The SMILES string of the molecule is COS[C@H]1CNCCN1C(=O)OC(C)(C)C. The topological polar surface area (TPSA) is 50.8 Å². The molecule has 0 aliphatic carbocycles. The summed E-state index contributed by atoms with van der Waals surface area (Å²) in [5, 5.41) is 3.20. The Bertz CT molecular complexity index is 241. The molecule has 0 bridgehead atoms. The van der Waals surface area contributed by atoms with Crippen molar-refractivity contribution in [2.75, 3.05) is 26.7 Å². The van der Waals surface area contributed by atoms with Crippen molar-refractivity contribution in [1.29, 1.82) is 0 Å². The van der Waals surface area contributed by atoms with Gasteiger partial charge in [0.05, 0.1) is 7.11 Å². The second kappa shape index (κ2) is 5.75. The van der Waals surface area contributed by atoms with Crippen molar-refractivity contribution in [3.63, 3.8) is 0 Å². The van der Waals surface area contributed by atoms with Gasteiger partial charge in [-0.25, -0.2) is 4.79 Å². The number of hydrogen-bond donors (Lipinski definition) is 1. The number of ether oxygens (including phenoxy) is 1. The average Bonchev–Trinajstić information content (AvgIpc) is 2.16. The van der Waals surface area contributed by atoms with Crippen LogP contribution in [0.5, 0.6) is 0 Å². The molecular weight excluding hydrogens is 228 g/mol. The first kappa shape index (κ1) is 13.6. The Morgan fingerprint density at radius 3 is 2.75 bits per heavy atom. The van der Waals surface area contributed by atoms with Gasteiger partial charge in [-0.1, -0.05) is 0 Å². The van der Waals surface area contributed by atoms with E-state index >= 15 is 0 Å². The lowest BCUT2D eigenvalue weighted by atomic mass is 10.2. The minimum absolute atomic E-state index is 0.0198. The number of carbonyl (C=O) groups excluding carboxylic acids is 1. The monoisotopic (exact) mass is 248 g/mol. The molecule has 5 nitrogen and oxygen atoms in total. The van der Waals surface area contributed by atoms with Gasteiger partial charge in [0.1, 0.15) is 11.0 Å². The highest BCUT2D eigenvalue weighted by Gasteiger charge is 2.30. The lowest BCUT2D eigenvalue weighted by Gasteiger charge is -2.35. The molecule has 1 atom stereocenters. The number of nitrogens with one attached hydrogen (secondary N) is 1. The molecule has 1 aliphatic rings. The summed E-state index contributed by atoms with van der Waals surface area (Å²) in [6, 6.07) is 0. The van der Waals surface area contributed by atoms with Crippen LogP contribution in [0.3, 0.4) is 0 Å². The smallest absolute Gasteiger partial charge is 0.411 e. The van der Waals surface area contributed by atoms with Gasteiger partial charge in [0.25, 0.3) is 0 Å². The van der Waals surface area contributed by atoms with Crippen LogP contribution in [-0.2, 0) is 8.92 Å². The van der Waals surface area contributed by atoms with E-state index in [9.17, 15) is 4.79 Å². The van der Waals surface area contributed by atoms with Gasteiger partial charge in [-0.15, -0.1) is 0 Å². The highest BCUT2D eigenvalue weighted by molar-refractivity contribution is 7.95. The summed E-state index contributed by atoms with van der Waals surface area (Å²) in [7, 11) is 1.60. The summed E-state index contributed by atoms with van der Waals surface area (Å²) in [5.74, 6) is 0. The maximum Gasteiger partial charge on any atom is 0.411 e. The van der Waals surface area contributed by atoms with Gasteiger partial charge in [-0.2, -0.15) is 0 Å². The summed E-state index contributed by atoms with van der Waals surface area (Å²) >= 11 is 1.28. The summed E-state index contributed by atoms with van der Waals surface area (Å²) < 4.78 is 10.4. The fraction of sp³-hybridized carbons (Fsp3) is 0.900. The first-order valence-electron chi connectivity index (χ1n) is 5.34. The fourth-order valence-corrected chi connectivity index (χ4v) is 2.11. The van der Waals surface area contributed by atoms with Gasteiger partial charge in [0, 0.05) is 31.7 Å². The van der Waals surface area contributed by atoms with Crippen molar-refractivity contribution in [2.45, 2.75) is 31.7 Å². The molecule has 1 aliphatic heterocycles. The average molecular weight is 248 g/mol. The Kier molecular flexibility index (Phi) is 4.89. The molecule has 1 fully saturated rings. The largest absolute Gasteiger partial charge is 0.444 e. The van der Waals surface area contributed by atoms with Gasteiger partial charge in [0.2, 0.25) is 0 Å². The molecule has 0 aromatic heterocycles. The highest BCUT2D eigenvalue weighted by atomic mass is 32.2. The molecule has 6 heteroatoms. The van der Waals surface area contributed by atoms with Gasteiger partial charge >= 0.3 is 6.09 Å². The van der Waals surface area contributed by atoms with E-state index in [1.54, 1.807) is 12.0 Å². The van der Waals surface area contributed by atoms with Crippen LogP contribution in [0.25, 0.3) is 0 Å². The van der Waals surface area contributed by atoms with Crippen molar-refractivity contribution >= 4 is 18.1 Å². The van der Waals surface area contributed by atoms with Crippen LogP contribution in [0.15, 0.2) is 0 Å². The lowest BCUT2D eigenvalue weighted by molar-refractivity contribution is 0.0197. The highest BCUT2D eigenvalue weighted by Crippen LogP contribution is 2.20. The lowest BCUT2D eigenvalue weighted by Crippen LogP contribution is -2.53. The number of rotatable bonds is 2. The quantitative estimate of drug-likeness (QED) is 0.750. The molecule has 0 saturated carbocycles. The first-order valence-corrected chi connectivity index (χ1v) is 6.14. The summed E-state index contributed by atoms with van der Waals surface area (Å²) in [5.41, 5.74) is -0.454. The van der Waals surface area contributed by atoms with Gasteiger partial charge in [0.15, 0.2) is 0 Å². The summed E-state index contributed by atoms with van der Waals surface area (Å²) in [4.78, 5) is 13.6. The molecule has 16 heavy (non-hydrogen) atoms. The zero-order valence-corrected chi connectivity index (χ0v) is 11.1. The van der Waals surface area contributed by atoms with E-state index < -0.39 is 5.60 Å². The van der Waals surface area contributed by atoms with Crippen LogP contribution in [0.2, 0.25) is 0 Å². The predicted molar refractivity (Wildman–Crippen MR) is 64.2 cm³/mol. The van der Waals surface area contributed by atoms with Crippen LogP contribution in [0, 0.1) is 0 Å². The van der Waals surface area contributed by atoms with Gasteiger partial charge in [-0.05, 0) is 20.8 Å². The molecular formula is C10H20N2O3S. The third-order valence-electron chi connectivity index (χ3n) is 2.03. The second-order valence-electron chi connectivity index (χ2n) is 4.60. The number of nitrogens with zero attached hydrogens (tertiary/aromatic N) is 1. The Morgan fingerprint density at radius 2 is 2.19 bits per heavy atom. The van der Waals surface area contributed by atoms with Crippen molar-refractivity contribution in [3.05, 3.63) is 0 Å². The van der Waals surface area contributed by atoms with Crippen LogP contribution in [0.1, 0.15) is 20.8 Å². The van der Waals surface area contributed by atoms with E-state index in [-0.39, 0.29) is 11.5 Å². The van der Waals surface area contributed by atoms with Crippen molar-refractivity contribution in [3.8, 4) is 0 Å². The number of carbonyl (C=O) groups is 1. The number of piperazine rings is 1. The standard InChI is InChI=1S/C10H20N2O3S/c1-10(2,3)15-9(13)12-6-5-11-7-8(12)16-14-4/h8,11H,5-7H2,1-4H3/t8-/m0/s1. The molecule has 0 spiro atoms. The summed E-state index contributed by atoms with van der Waals surface area (Å²) in [6.45, 7) is 7.76. The van der Waals surface area contributed by atoms with Crippen molar-refractivity contribution in [1.82, 2.24) is 10.2 Å². The zero-order valence-electron chi connectivity index (χ0n) is 10.3. The van der Waals surface area contributed by atoms with E-state index in [1.165, 1.54) is 12.0 Å². The first-order chi connectivity index (χ1) is 7.44. The zero-order chi connectivity index (χ0) is 12.2. The molecule has 94 valence electrons. The maximum absolute atomic E-state index is 11.9. The molecule has 0 unspecified atom stereocenters. The molecule has 1 amide bonds. The van der Waals surface area contributed by atoms with Crippen LogP contribution < -0.4 is 5.32 Å². The van der Waals surface area contributed by atoms with Crippen molar-refractivity contribution in [2.24, 2.45) is 0 Å². The van der Waals surface area contributed by atoms with E-state index in [0.29, 0.717) is 6.54 Å². The third-order valence-corrected chi connectivity index (χ3v) is 2.87. The molecule has 1 rings (SSSR count). The Labute approximate surface area is 101 Å². The molecule has 0 radical (unpaired) electrons. The van der Waals surface area contributed by atoms with Gasteiger partial charge < -0.3 is 14.2 Å². The fourth-order valence-electron chi connectivity index (χ4n) is 1.41. The van der Waals surface area contributed by atoms with E-state index in [2.05, 4.69) is 5.32 Å². The molecule has 1 heterocycles. The van der Waals surface area contributed by atoms with E-state index in [4.69, 9.17) is 8.92 Å². The Hall–Kier alpha value is -0.460. The van der Waals surface area contributed by atoms with Gasteiger partial charge in [-0.3, -0.25) is 4.90 Å². The predicted octanol–water partition coefficient (Wildman–Crippen LogP) is 1.45. The molecule has 0 aromatic carbocycles. The number of hydrogen-bond acceptors (Lipinski definition) is 5. The second-order valence-corrected chi connectivity index (χ2v) is 5.67. The van der Waals surface area contributed by atoms with E-state index in [0.717, 1.165) is 13.1 Å². The van der Waals surface area contributed by atoms with Crippen LogP contribution >= 0.6 is 12.0 Å². The minimum atomic E-state index is -0.454.